The fraction of sp³-hybridized carbons (Fsp3) is 0.0385. The van der Waals surface area contributed by atoms with Gasteiger partial charge in [-0.3, -0.25) is 9.59 Å². The Bertz CT molecular complexity index is 1280. The molecule has 6 heteroatoms. The predicted molar refractivity (Wildman–Crippen MR) is 128 cm³/mol. The molecule has 0 saturated carbocycles. The van der Waals surface area contributed by atoms with E-state index in [1.54, 1.807) is 35.0 Å². The molecule has 0 unspecified atom stereocenters. The Kier molecular flexibility index (Phi) is 6.29. The van der Waals surface area contributed by atoms with Crippen molar-refractivity contribution in [3.8, 4) is 16.9 Å². The van der Waals surface area contributed by atoms with Crippen molar-refractivity contribution < 1.29 is 9.59 Å². The molecule has 5 nitrogen and oxygen atoms in total. The molecule has 0 spiro atoms. The highest BCUT2D eigenvalue weighted by atomic mass is 35.5. The molecule has 0 aliphatic carbocycles. The molecule has 0 radical (unpaired) electrons. The van der Waals surface area contributed by atoms with Gasteiger partial charge < -0.3 is 5.32 Å². The van der Waals surface area contributed by atoms with Gasteiger partial charge in [-0.05, 0) is 60.7 Å². The number of carbonyl (C=O) groups excluding carboxylic acids is 2. The van der Waals surface area contributed by atoms with Crippen LogP contribution in [-0.2, 0) is 4.79 Å². The zero-order valence-electron chi connectivity index (χ0n) is 17.3. The van der Waals surface area contributed by atoms with Gasteiger partial charge in [0.2, 0.25) is 5.91 Å². The highest BCUT2D eigenvalue weighted by Crippen LogP contribution is 2.26. The van der Waals surface area contributed by atoms with Crippen LogP contribution in [0.2, 0.25) is 5.02 Å². The number of carbonyl (C=O) groups is 2. The normalized spacial score (nSPS) is 10.9. The van der Waals surface area contributed by atoms with E-state index in [1.807, 2.05) is 60.8 Å². The smallest absolute Gasteiger partial charge is 0.221 e. The van der Waals surface area contributed by atoms with E-state index in [4.69, 9.17) is 16.7 Å². The number of aromatic nitrogens is 2. The fourth-order valence-corrected chi connectivity index (χ4v) is 3.36. The quantitative estimate of drug-likeness (QED) is 0.292. The van der Waals surface area contributed by atoms with Gasteiger partial charge in [0.05, 0.1) is 11.4 Å². The Hall–Kier alpha value is -3.96. The maximum Gasteiger partial charge on any atom is 0.221 e. The van der Waals surface area contributed by atoms with Crippen molar-refractivity contribution in [2.45, 2.75) is 6.92 Å². The maximum absolute atomic E-state index is 12.7. The molecule has 1 aromatic heterocycles. The number of hydrogen-bond acceptors (Lipinski definition) is 3. The van der Waals surface area contributed by atoms with E-state index in [0.717, 1.165) is 22.5 Å². The predicted octanol–water partition coefficient (Wildman–Crippen LogP) is 6.05. The summed E-state index contributed by atoms with van der Waals surface area (Å²) in [6, 6.07) is 24.0. The first-order chi connectivity index (χ1) is 15.5. The van der Waals surface area contributed by atoms with Crippen LogP contribution in [0, 0.1) is 0 Å². The average molecular weight is 442 g/mol. The number of hydrogen-bond donors (Lipinski definition) is 1. The molecule has 0 aliphatic rings. The Morgan fingerprint density at radius 3 is 2.28 bits per heavy atom. The first kappa shape index (κ1) is 21.3. The van der Waals surface area contributed by atoms with Crippen LogP contribution < -0.4 is 5.32 Å². The van der Waals surface area contributed by atoms with Crippen molar-refractivity contribution in [3.63, 3.8) is 0 Å². The van der Waals surface area contributed by atoms with Crippen LogP contribution in [0.4, 0.5) is 5.69 Å². The molecule has 1 N–H and O–H groups in total. The molecule has 32 heavy (non-hydrogen) atoms. The Labute approximate surface area is 191 Å². The van der Waals surface area contributed by atoms with Gasteiger partial charge in [0.1, 0.15) is 0 Å². The summed E-state index contributed by atoms with van der Waals surface area (Å²) in [5.74, 6) is -0.303. The van der Waals surface area contributed by atoms with Gasteiger partial charge in [0.15, 0.2) is 5.78 Å². The minimum atomic E-state index is -0.158. The summed E-state index contributed by atoms with van der Waals surface area (Å²) in [5, 5.41) is 8.07. The van der Waals surface area contributed by atoms with Crippen molar-refractivity contribution >= 4 is 35.1 Å². The molecule has 0 bridgehead atoms. The number of rotatable bonds is 6. The van der Waals surface area contributed by atoms with E-state index in [2.05, 4.69) is 5.32 Å². The van der Waals surface area contributed by atoms with Gasteiger partial charge in [-0.15, -0.1) is 0 Å². The molecular formula is C26H20ClN3O2. The molecule has 1 heterocycles. The summed E-state index contributed by atoms with van der Waals surface area (Å²) >= 11 is 6.04. The highest BCUT2D eigenvalue weighted by molar-refractivity contribution is 6.30. The van der Waals surface area contributed by atoms with Gasteiger partial charge >= 0.3 is 0 Å². The second kappa shape index (κ2) is 9.45. The highest BCUT2D eigenvalue weighted by Gasteiger charge is 2.11. The lowest BCUT2D eigenvalue weighted by molar-refractivity contribution is -0.114. The number of halogens is 1. The molecule has 158 valence electrons. The number of amides is 1. The van der Waals surface area contributed by atoms with Crippen molar-refractivity contribution in [2.75, 3.05) is 5.32 Å². The number of allylic oxidation sites excluding steroid dienone is 1. The Morgan fingerprint density at radius 1 is 0.938 bits per heavy atom. The summed E-state index contributed by atoms with van der Waals surface area (Å²) in [6.07, 6.45) is 5.18. The van der Waals surface area contributed by atoms with Crippen LogP contribution in [0.1, 0.15) is 22.8 Å². The van der Waals surface area contributed by atoms with Gasteiger partial charge in [-0.2, -0.15) is 5.10 Å². The summed E-state index contributed by atoms with van der Waals surface area (Å²) in [4.78, 5) is 23.9. The number of benzene rings is 3. The number of para-hydroxylation sites is 1. The van der Waals surface area contributed by atoms with E-state index < -0.39 is 0 Å². The van der Waals surface area contributed by atoms with Crippen molar-refractivity contribution in [1.29, 1.82) is 0 Å². The summed E-state index contributed by atoms with van der Waals surface area (Å²) in [5.41, 5.74) is 4.54. The second-order valence-electron chi connectivity index (χ2n) is 7.18. The lowest BCUT2D eigenvalue weighted by atomic mass is 10.1. The first-order valence-corrected chi connectivity index (χ1v) is 10.4. The minimum Gasteiger partial charge on any atom is -0.326 e. The lowest BCUT2D eigenvalue weighted by Gasteiger charge is -2.02. The van der Waals surface area contributed by atoms with Crippen LogP contribution in [0.3, 0.4) is 0 Å². The minimum absolute atomic E-state index is 0.145. The van der Waals surface area contributed by atoms with Crippen molar-refractivity contribution in [3.05, 3.63) is 107 Å². The molecular weight excluding hydrogens is 422 g/mol. The van der Waals surface area contributed by atoms with Crippen LogP contribution in [0.15, 0.2) is 91.1 Å². The number of anilines is 1. The maximum atomic E-state index is 12.7. The van der Waals surface area contributed by atoms with E-state index in [9.17, 15) is 9.59 Å². The van der Waals surface area contributed by atoms with Crippen molar-refractivity contribution in [2.24, 2.45) is 0 Å². The monoisotopic (exact) mass is 441 g/mol. The molecule has 0 aliphatic heterocycles. The number of nitrogens with zero attached hydrogens (tertiary/aromatic N) is 2. The summed E-state index contributed by atoms with van der Waals surface area (Å²) in [7, 11) is 0. The van der Waals surface area contributed by atoms with Crippen LogP contribution in [0.5, 0.6) is 0 Å². The molecule has 0 atom stereocenters. The zero-order valence-corrected chi connectivity index (χ0v) is 18.1. The van der Waals surface area contributed by atoms with E-state index in [-0.39, 0.29) is 11.7 Å². The average Bonchev–Trinajstić information content (AvgIpc) is 3.23. The van der Waals surface area contributed by atoms with Gasteiger partial charge in [0.25, 0.3) is 0 Å². The third kappa shape index (κ3) is 5.02. The van der Waals surface area contributed by atoms with Gasteiger partial charge in [0, 0.05) is 40.5 Å². The number of nitrogens with one attached hydrogen (secondary N) is 1. The third-order valence-electron chi connectivity index (χ3n) is 4.78. The largest absolute Gasteiger partial charge is 0.326 e. The van der Waals surface area contributed by atoms with Crippen LogP contribution >= 0.6 is 11.6 Å². The molecule has 4 rings (SSSR count). The Morgan fingerprint density at radius 2 is 1.62 bits per heavy atom. The number of ketones is 1. The first-order valence-electron chi connectivity index (χ1n) is 10.0. The second-order valence-corrected chi connectivity index (χ2v) is 7.61. The topological polar surface area (TPSA) is 64.0 Å². The standard InChI is InChI=1S/C26H20ClN3O2/c1-18(31)28-23-14-9-19(10-15-23)25(32)16-11-21-17-30(24-5-3-2-4-6-24)29-26(21)20-7-12-22(27)13-8-20/h2-17H,1H3,(H,28,31)/b16-11+. The molecule has 0 saturated heterocycles. The van der Waals surface area contributed by atoms with Crippen LogP contribution in [0.25, 0.3) is 23.0 Å². The van der Waals surface area contributed by atoms with E-state index >= 15 is 0 Å². The lowest BCUT2D eigenvalue weighted by Crippen LogP contribution is -2.05. The molecule has 0 fully saturated rings. The zero-order chi connectivity index (χ0) is 22.5. The molecule has 1 amide bonds. The fourth-order valence-electron chi connectivity index (χ4n) is 3.24. The van der Waals surface area contributed by atoms with Gasteiger partial charge in [-0.25, -0.2) is 4.68 Å². The summed E-state index contributed by atoms with van der Waals surface area (Å²) in [6.45, 7) is 1.44. The van der Waals surface area contributed by atoms with E-state index in [0.29, 0.717) is 16.3 Å². The Balaban J connectivity index is 1.65. The van der Waals surface area contributed by atoms with Crippen LogP contribution in [-0.4, -0.2) is 21.5 Å². The third-order valence-corrected chi connectivity index (χ3v) is 5.04. The SMILES string of the molecule is CC(=O)Nc1ccc(C(=O)/C=C/c2cn(-c3ccccc3)nc2-c2ccc(Cl)cc2)cc1. The molecule has 4 aromatic rings. The summed E-state index contributed by atoms with van der Waals surface area (Å²) < 4.78 is 1.79. The molecule has 3 aromatic carbocycles. The van der Waals surface area contributed by atoms with Crippen molar-refractivity contribution in [1.82, 2.24) is 9.78 Å². The van der Waals surface area contributed by atoms with Gasteiger partial charge in [-0.1, -0.05) is 41.9 Å². The van der Waals surface area contributed by atoms with E-state index in [1.165, 1.54) is 13.0 Å².